The number of aromatic carboxylic acids is 1. The Kier molecular flexibility index (Phi) is 4.99. The number of anilines is 2. The van der Waals surface area contributed by atoms with Crippen molar-refractivity contribution in [2.24, 2.45) is 0 Å². The number of amides is 1. The molecule has 3 aromatic rings. The first-order valence-corrected chi connectivity index (χ1v) is 9.48. The Hall–Kier alpha value is -3.67. The van der Waals surface area contributed by atoms with Gasteiger partial charge in [-0.3, -0.25) is 9.78 Å². The van der Waals surface area contributed by atoms with Crippen LogP contribution in [0.2, 0.25) is 0 Å². The van der Waals surface area contributed by atoms with Crippen molar-refractivity contribution < 1.29 is 14.7 Å². The Morgan fingerprint density at radius 2 is 1.90 bits per heavy atom. The molecule has 0 aliphatic heterocycles. The van der Waals surface area contributed by atoms with E-state index in [1.807, 2.05) is 43.3 Å². The summed E-state index contributed by atoms with van der Waals surface area (Å²) in [5, 5.41) is 15.5. The average molecular weight is 387 g/mol. The molecule has 1 heterocycles. The first-order valence-electron chi connectivity index (χ1n) is 9.48. The Balaban J connectivity index is 1.53. The minimum atomic E-state index is -0.984. The van der Waals surface area contributed by atoms with Gasteiger partial charge in [0.1, 0.15) is 0 Å². The van der Waals surface area contributed by atoms with Crippen LogP contribution in [0.4, 0.5) is 11.4 Å². The molecule has 2 aromatic carbocycles. The summed E-state index contributed by atoms with van der Waals surface area (Å²) in [6.45, 7) is 1.85. The summed E-state index contributed by atoms with van der Waals surface area (Å²) in [4.78, 5) is 28.2. The summed E-state index contributed by atoms with van der Waals surface area (Å²) >= 11 is 0. The number of rotatable bonds is 6. The van der Waals surface area contributed by atoms with Gasteiger partial charge in [-0.1, -0.05) is 23.8 Å². The minimum absolute atomic E-state index is 0.0618. The number of carbonyl (C=O) groups excluding carboxylic acids is 1. The number of carboxylic acid groups (broad SMARTS) is 1. The van der Waals surface area contributed by atoms with Crippen LogP contribution in [0.15, 0.2) is 60.8 Å². The standard InChI is InChI=1S/C23H21N3O3/c1-14-5-9-21(19(11-14)23(28)29)25-18-8-10-20(24-13-18)15-3-2-4-16(12-15)22(27)26-17-6-7-17/h2-5,8-13,17,25H,6-7H2,1H3,(H,26,27)(H,28,29). The molecule has 0 saturated heterocycles. The zero-order valence-electron chi connectivity index (χ0n) is 16.0. The van der Waals surface area contributed by atoms with E-state index >= 15 is 0 Å². The van der Waals surface area contributed by atoms with Gasteiger partial charge in [0.05, 0.1) is 28.8 Å². The van der Waals surface area contributed by atoms with E-state index in [-0.39, 0.29) is 11.5 Å². The molecule has 0 bridgehead atoms. The van der Waals surface area contributed by atoms with Crippen LogP contribution in [-0.2, 0) is 0 Å². The second-order valence-electron chi connectivity index (χ2n) is 7.24. The van der Waals surface area contributed by atoms with E-state index in [9.17, 15) is 14.7 Å². The van der Waals surface area contributed by atoms with Gasteiger partial charge in [0, 0.05) is 17.2 Å². The molecular weight excluding hydrogens is 366 g/mol. The fourth-order valence-corrected chi connectivity index (χ4v) is 3.05. The molecule has 3 N–H and O–H groups in total. The molecule has 1 aromatic heterocycles. The summed E-state index contributed by atoms with van der Waals surface area (Å²) in [5.41, 5.74) is 4.49. The van der Waals surface area contributed by atoms with E-state index in [1.54, 1.807) is 24.4 Å². The number of hydrogen-bond acceptors (Lipinski definition) is 4. The highest BCUT2D eigenvalue weighted by Crippen LogP contribution is 2.25. The molecule has 146 valence electrons. The molecular formula is C23H21N3O3. The maximum atomic E-state index is 12.3. The molecule has 29 heavy (non-hydrogen) atoms. The van der Waals surface area contributed by atoms with Crippen molar-refractivity contribution in [2.75, 3.05) is 5.32 Å². The fraction of sp³-hybridized carbons (Fsp3) is 0.174. The Morgan fingerprint density at radius 3 is 2.59 bits per heavy atom. The van der Waals surface area contributed by atoms with Crippen LogP contribution in [0, 0.1) is 6.92 Å². The molecule has 1 saturated carbocycles. The van der Waals surface area contributed by atoms with Crippen LogP contribution in [0.25, 0.3) is 11.3 Å². The first kappa shape index (κ1) is 18.7. The van der Waals surface area contributed by atoms with Crippen LogP contribution < -0.4 is 10.6 Å². The number of pyridine rings is 1. The molecule has 0 unspecified atom stereocenters. The van der Waals surface area contributed by atoms with Crippen LogP contribution in [0.3, 0.4) is 0 Å². The van der Waals surface area contributed by atoms with Crippen molar-refractivity contribution in [3.8, 4) is 11.3 Å². The zero-order valence-corrected chi connectivity index (χ0v) is 16.0. The van der Waals surface area contributed by atoms with Crippen molar-refractivity contribution in [2.45, 2.75) is 25.8 Å². The molecule has 0 radical (unpaired) electrons. The molecule has 0 atom stereocenters. The van der Waals surface area contributed by atoms with Crippen LogP contribution >= 0.6 is 0 Å². The summed E-state index contributed by atoms with van der Waals surface area (Å²) in [5.74, 6) is -1.05. The van der Waals surface area contributed by atoms with Crippen molar-refractivity contribution in [3.63, 3.8) is 0 Å². The number of hydrogen-bond donors (Lipinski definition) is 3. The highest BCUT2D eigenvalue weighted by molar-refractivity contribution is 5.96. The quantitative estimate of drug-likeness (QED) is 0.583. The number of aryl methyl sites for hydroxylation is 1. The SMILES string of the molecule is Cc1ccc(Nc2ccc(-c3cccc(C(=O)NC4CC4)c3)nc2)c(C(=O)O)c1. The molecule has 6 nitrogen and oxygen atoms in total. The third-order valence-corrected chi connectivity index (χ3v) is 4.78. The zero-order chi connectivity index (χ0) is 20.4. The fourth-order valence-electron chi connectivity index (χ4n) is 3.05. The van der Waals surface area contributed by atoms with E-state index in [4.69, 9.17) is 0 Å². The van der Waals surface area contributed by atoms with Gasteiger partial charge in [-0.25, -0.2) is 4.79 Å². The van der Waals surface area contributed by atoms with E-state index in [0.29, 0.717) is 23.0 Å². The number of aromatic nitrogens is 1. The lowest BCUT2D eigenvalue weighted by molar-refractivity contribution is 0.0697. The van der Waals surface area contributed by atoms with E-state index in [2.05, 4.69) is 15.6 Å². The maximum absolute atomic E-state index is 12.3. The number of carboxylic acids is 1. The lowest BCUT2D eigenvalue weighted by Gasteiger charge is -2.11. The Labute approximate surface area is 168 Å². The van der Waals surface area contributed by atoms with Gasteiger partial charge in [0.15, 0.2) is 0 Å². The average Bonchev–Trinajstić information content (AvgIpc) is 3.54. The third-order valence-electron chi connectivity index (χ3n) is 4.78. The van der Waals surface area contributed by atoms with Crippen LogP contribution in [0.1, 0.15) is 39.1 Å². The Morgan fingerprint density at radius 1 is 1.07 bits per heavy atom. The highest BCUT2D eigenvalue weighted by Gasteiger charge is 2.23. The van der Waals surface area contributed by atoms with E-state index in [0.717, 1.165) is 29.7 Å². The van der Waals surface area contributed by atoms with Crippen molar-refractivity contribution in [1.82, 2.24) is 10.3 Å². The summed E-state index contributed by atoms with van der Waals surface area (Å²) in [7, 11) is 0. The summed E-state index contributed by atoms with van der Waals surface area (Å²) in [6, 6.07) is 16.6. The monoisotopic (exact) mass is 387 g/mol. The van der Waals surface area contributed by atoms with Crippen LogP contribution in [0.5, 0.6) is 0 Å². The maximum Gasteiger partial charge on any atom is 0.337 e. The number of nitrogens with one attached hydrogen (secondary N) is 2. The minimum Gasteiger partial charge on any atom is -0.478 e. The van der Waals surface area contributed by atoms with Crippen molar-refractivity contribution >= 4 is 23.3 Å². The lowest BCUT2D eigenvalue weighted by atomic mass is 10.1. The van der Waals surface area contributed by atoms with Crippen molar-refractivity contribution in [3.05, 3.63) is 77.5 Å². The molecule has 0 spiro atoms. The lowest BCUT2D eigenvalue weighted by Crippen LogP contribution is -2.25. The van der Waals surface area contributed by atoms with E-state index in [1.165, 1.54) is 0 Å². The number of carbonyl (C=O) groups is 2. The van der Waals surface area contributed by atoms with Gasteiger partial charge in [-0.15, -0.1) is 0 Å². The van der Waals surface area contributed by atoms with Gasteiger partial charge >= 0.3 is 5.97 Å². The topological polar surface area (TPSA) is 91.3 Å². The summed E-state index contributed by atoms with van der Waals surface area (Å²) < 4.78 is 0. The predicted octanol–water partition coefficient (Wildman–Crippen LogP) is 4.39. The van der Waals surface area contributed by atoms with Gasteiger partial charge in [0.2, 0.25) is 0 Å². The second-order valence-corrected chi connectivity index (χ2v) is 7.24. The van der Waals surface area contributed by atoms with Gasteiger partial charge in [0.25, 0.3) is 5.91 Å². The summed E-state index contributed by atoms with van der Waals surface area (Å²) in [6.07, 6.45) is 3.75. The number of benzene rings is 2. The van der Waals surface area contributed by atoms with Gasteiger partial charge in [-0.2, -0.15) is 0 Å². The first-order chi connectivity index (χ1) is 14.0. The normalized spacial score (nSPS) is 13.0. The highest BCUT2D eigenvalue weighted by atomic mass is 16.4. The van der Waals surface area contributed by atoms with Crippen LogP contribution in [-0.4, -0.2) is 28.0 Å². The molecule has 1 aliphatic rings. The molecule has 1 amide bonds. The third kappa shape index (κ3) is 4.43. The molecule has 4 rings (SSSR count). The van der Waals surface area contributed by atoms with Crippen molar-refractivity contribution in [1.29, 1.82) is 0 Å². The molecule has 1 fully saturated rings. The Bertz CT molecular complexity index is 1070. The molecule has 1 aliphatic carbocycles. The second kappa shape index (κ2) is 7.75. The van der Waals surface area contributed by atoms with E-state index < -0.39 is 5.97 Å². The van der Waals surface area contributed by atoms with Gasteiger partial charge < -0.3 is 15.7 Å². The largest absolute Gasteiger partial charge is 0.478 e. The van der Waals surface area contributed by atoms with Gasteiger partial charge in [-0.05, 0) is 56.2 Å². The molecule has 6 heteroatoms. The smallest absolute Gasteiger partial charge is 0.337 e. The number of nitrogens with zero attached hydrogens (tertiary/aromatic N) is 1. The predicted molar refractivity (Wildman–Crippen MR) is 112 cm³/mol.